The quantitative estimate of drug-likeness (QED) is 0.386. The lowest BCUT2D eigenvalue weighted by Gasteiger charge is -2.19. The standard InChI is InChI=1S/C25H23ClN2O5/c26-16-8-10-17(11-9-16)27-14-15(12-22(27)29)25(32)33-19-5-3-4-18(13-19)28-23(30)20-6-1-2-7-21(20)24(28)31/h3-5,8-11,13,15,20-21H,1-2,6-7,12,14H2. The van der Waals surface area contributed by atoms with E-state index >= 15 is 0 Å². The minimum absolute atomic E-state index is 0.0492. The van der Waals surface area contributed by atoms with Crippen molar-refractivity contribution in [3.63, 3.8) is 0 Å². The Kier molecular flexibility index (Phi) is 5.66. The fourth-order valence-corrected chi connectivity index (χ4v) is 5.16. The number of amides is 3. The van der Waals surface area contributed by atoms with Gasteiger partial charge in [0.05, 0.1) is 23.4 Å². The fourth-order valence-electron chi connectivity index (χ4n) is 5.04. The molecule has 33 heavy (non-hydrogen) atoms. The molecule has 1 aliphatic carbocycles. The Bertz CT molecular complexity index is 1110. The number of rotatable bonds is 4. The van der Waals surface area contributed by atoms with Crippen molar-refractivity contribution in [1.29, 1.82) is 0 Å². The second-order valence-corrected chi connectivity index (χ2v) is 9.25. The molecule has 1 saturated carbocycles. The number of ether oxygens (including phenoxy) is 1. The summed E-state index contributed by atoms with van der Waals surface area (Å²) >= 11 is 5.91. The third-order valence-corrected chi connectivity index (χ3v) is 6.98. The average molecular weight is 467 g/mol. The number of hydrogen-bond acceptors (Lipinski definition) is 5. The molecule has 3 amide bonds. The number of carbonyl (C=O) groups is 4. The maximum Gasteiger partial charge on any atom is 0.316 e. The lowest BCUT2D eigenvalue weighted by atomic mass is 9.81. The number of fused-ring (bicyclic) bond motifs is 1. The lowest BCUT2D eigenvalue weighted by molar-refractivity contribution is -0.139. The van der Waals surface area contributed by atoms with Crippen LogP contribution in [-0.4, -0.2) is 30.2 Å². The number of imide groups is 1. The van der Waals surface area contributed by atoms with Crippen LogP contribution in [-0.2, 0) is 19.2 Å². The van der Waals surface area contributed by atoms with Crippen LogP contribution in [0, 0.1) is 17.8 Å². The van der Waals surface area contributed by atoms with Gasteiger partial charge in [0.2, 0.25) is 17.7 Å². The Hall–Kier alpha value is -3.19. The van der Waals surface area contributed by atoms with Crippen molar-refractivity contribution < 1.29 is 23.9 Å². The molecule has 2 heterocycles. The molecule has 170 valence electrons. The number of anilines is 2. The van der Waals surface area contributed by atoms with Gasteiger partial charge < -0.3 is 9.64 Å². The van der Waals surface area contributed by atoms with E-state index in [-0.39, 0.29) is 48.3 Å². The first kappa shape index (κ1) is 21.6. The van der Waals surface area contributed by atoms with Gasteiger partial charge in [-0.3, -0.25) is 19.2 Å². The molecule has 2 aromatic carbocycles. The lowest BCUT2D eigenvalue weighted by Crippen LogP contribution is -2.31. The van der Waals surface area contributed by atoms with Crippen LogP contribution in [0.2, 0.25) is 5.02 Å². The predicted octanol–water partition coefficient (Wildman–Crippen LogP) is 3.98. The topological polar surface area (TPSA) is 84.0 Å². The zero-order chi connectivity index (χ0) is 23.1. The van der Waals surface area contributed by atoms with Crippen LogP contribution in [0.3, 0.4) is 0 Å². The Balaban J connectivity index is 1.29. The van der Waals surface area contributed by atoms with Crippen LogP contribution in [0.25, 0.3) is 0 Å². The Labute approximate surface area is 196 Å². The van der Waals surface area contributed by atoms with Crippen LogP contribution < -0.4 is 14.5 Å². The van der Waals surface area contributed by atoms with Crippen LogP contribution in [0.15, 0.2) is 48.5 Å². The molecule has 5 rings (SSSR count). The van der Waals surface area contributed by atoms with Gasteiger partial charge in [0.15, 0.2) is 0 Å². The second-order valence-electron chi connectivity index (χ2n) is 8.81. The van der Waals surface area contributed by atoms with E-state index in [0.717, 1.165) is 25.7 Å². The summed E-state index contributed by atoms with van der Waals surface area (Å²) in [6.45, 7) is 0.214. The second kappa shape index (κ2) is 8.63. The highest BCUT2D eigenvalue weighted by Crippen LogP contribution is 2.40. The molecule has 3 aliphatic rings. The summed E-state index contributed by atoms with van der Waals surface area (Å²) in [5, 5.41) is 0.565. The van der Waals surface area contributed by atoms with E-state index in [2.05, 4.69) is 0 Å². The third kappa shape index (κ3) is 4.02. The molecular weight excluding hydrogens is 444 g/mol. The van der Waals surface area contributed by atoms with E-state index in [1.54, 1.807) is 53.4 Å². The monoisotopic (exact) mass is 466 g/mol. The predicted molar refractivity (Wildman–Crippen MR) is 122 cm³/mol. The summed E-state index contributed by atoms with van der Waals surface area (Å²) in [7, 11) is 0. The Morgan fingerprint density at radius 3 is 2.24 bits per heavy atom. The summed E-state index contributed by atoms with van der Waals surface area (Å²) in [5.41, 5.74) is 1.09. The molecule has 3 atom stereocenters. The van der Waals surface area contributed by atoms with E-state index in [1.807, 2.05) is 0 Å². The zero-order valence-electron chi connectivity index (χ0n) is 17.9. The smallest absolute Gasteiger partial charge is 0.316 e. The highest BCUT2D eigenvalue weighted by molar-refractivity contribution is 6.30. The maximum absolute atomic E-state index is 12.9. The minimum Gasteiger partial charge on any atom is -0.426 e. The van der Waals surface area contributed by atoms with Crippen LogP contribution in [0.1, 0.15) is 32.1 Å². The van der Waals surface area contributed by atoms with Crippen molar-refractivity contribution in [2.24, 2.45) is 17.8 Å². The average Bonchev–Trinajstić information content (AvgIpc) is 3.32. The normalized spacial score (nSPS) is 24.9. The number of esters is 1. The molecule has 0 radical (unpaired) electrons. The number of benzene rings is 2. The molecule has 3 unspecified atom stereocenters. The fraction of sp³-hybridized carbons (Fsp3) is 0.360. The molecule has 0 aromatic heterocycles. The first-order valence-corrected chi connectivity index (χ1v) is 11.6. The largest absolute Gasteiger partial charge is 0.426 e. The van der Waals surface area contributed by atoms with Crippen LogP contribution in [0.4, 0.5) is 11.4 Å². The van der Waals surface area contributed by atoms with E-state index in [9.17, 15) is 19.2 Å². The zero-order valence-corrected chi connectivity index (χ0v) is 18.7. The van der Waals surface area contributed by atoms with Crippen molar-refractivity contribution in [1.82, 2.24) is 0 Å². The number of nitrogens with zero attached hydrogens (tertiary/aromatic N) is 2. The molecule has 2 aliphatic heterocycles. The molecule has 7 nitrogen and oxygen atoms in total. The minimum atomic E-state index is -0.616. The summed E-state index contributed by atoms with van der Waals surface area (Å²) in [4.78, 5) is 53.8. The summed E-state index contributed by atoms with van der Waals surface area (Å²) in [6.07, 6.45) is 3.44. The van der Waals surface area contributed by atoms with Crippen molar-refractivity contribution >= 4 is 46.7 Å². The molecule has 0 spiro atoms. The molecule has 2 saturated heterocycles. The van der Waals surface area contributed by atoms with Gasteiger partial charge in [-0.15, -0.1) is 0 Å². The van der Waals surface area contributed by atoms with Crippen molar-refractivity contribution in [2.75, 3.05) is 16.3 Å². The molecule has 0 bridgehead atoms. The summed E-state index contributed by atoms with van der Waals surface area (Å²) in [6, 6.07) is 13.3. The first-order chi connectivity index (χ1) is 15.9. The SMILES string of the molecule is O=C(Oc1cccc(N2C(=O)C3CCCCC3C2=O)c1)C1CC(=O)N(c2ccc(Cl)cc2)C1. The molecular formula is C25H23ClN2O5. The van der Waals surface area contributed by atoms with Crippen molar-refractivity contribution in [2.45, 2.75) is 32.1 Å². The van der Waals surface area contributed by atoms with Gasteiger partial charge in [-0.25, -0.2) is 4.90 Å². The molecule has 2 aromatic rings. The summed E-state index contributed by atoms with van der Waals surface area (Å²) < 4.78 is 5.55. The maximum atomic E-state index is 12.9. The highest BCUT2D eigenvalue weighted by Gasteiger charge is 2.48. The van der Waals surface area contributed by atoms with Gasteiger partial charge in [-0.2, -0.15) is 0 Å². The number of hydrogen-bond donors (Lipinski definition) is 0. The summed E-state index contributed by atoms with van der Waals surface area (Å²) in [5.74, 6) is -1.91. The molecule has 8 heteroatoms. The number of carbonyl (C=O) groups excluding carboxylic acids is 4. The van der Waals surface area contributed by atoms with E-state index < -0.39 is 11.9 Å². The van der Waals surface area contributed by atoms with Gasteiger partial charge >= 0.3 is 5.97 Å². The van der Waals surface area contributed by atoms with E-state index in [1.165, 1.54) is 4.90 Å². The van der Waals surface area contributed by atoms with Crippen LogP contribution >= 0.6 is 11.6 Å². The van der Waals surface area contributed by atoms with Crippen LogP contribution in [0.5, 0.6) is 5.75 Å². The Morgan fingerprint density at radius 1 is 0.909 bits per heavy atom. The van der Waals surface area contributed by atoms with Gasteiger partial charge in [0, 0.05) is 29.7 Å². The van der Waals surface area contributed by atoms with Gasteiger partial charge in [0.25, 0.3) is 0 Å². The van der Waals surface area contributed by atoms with E-state index in [0.29, 0.717) is 16.4 Å². The Morgan fingerprint density at radius 2 is 1.58 bits per heavy atom. The van der Waals surface area contributed by atoms with E-state index in [4.69, 9.17) is 16.3 Å². The van der Waals surface area contributed by atoms with Crippen molar-refractivity contribution in [3.05, 3.63) is 53.6 Å². The first-order valence-electron chi connectivity index (χ1n) is 11.2. The van der Waals surface area contributed by atoms with Gasteiger partial charge in [-0.1, -0.05) is 30.5 Å². The van der Waals surface area contributed by atoms with Gasteiger partial charge in [-0.05, 0) is 49.2 Å². The third-order valence-electron chi connectivity index (χ3n) is 6.73. The highest BCUT2D eigenvalue weighted by atomic mass is 35.5. The van der Waals surface area contributed by atoms with Crippen molar-refractivity contribution in [3.8, 4) is 5.75 Å². The molecule has 3 fully saturated rings. The van der Waals surface area contributed by atoms with Gasteiger partial charge in [0.1, 0.15) is 5.75 Å². The number of halogens is 1. The molecule has 0 N–H and O–H groups in total.